The molecule has 2 aromatic carbocycles. The monoisotopic (exact) mass is 394 g/mol. The Labute approximate surface area is 168 Å². The molecule has 1 atom stereocenters. The smallest absolute Gasteiger partial charge is 0.344 e. The van der Waals surface area contributed by atoms with Crippen LogP contribution in [0.2, 0.25) is 0 Å². The molecule has 0 saturated carbocycles. The highest BCUT2D eigenvalue weighted by atomic mass is 16.6. The number of Topliss-reactive ketones (excluding diaryl/α,β-unsaturated/α-hetero) is 1. The fraction of sp³-hybridized carbons (Fsp3) is 0.261. The Balaban J connectivity index is 1.59. The maximum Gasteiger partial charge on any atom is 0.344 e. The van der Waals surface area contributed by atoms with Gasteiger partial charge in [0.1, 0.15) is 11.3 Å². The van der Waals surface area contributed by atoms with Gasteiger partial charge in [0.2, 0.25) is 5.78 Å². The van der Waals surface area contributed by atoms with Gasteiger partial charge < -0.3 is 13.9 Å². The lowest BCUT2D eigenvalue weighted by molar-refractivity contribution is -0.148. The van der Waals surface area contributed by atoms with Gasteiger partial charge in [-0.1, -0.05) is 31.2 Å². The Morgan fingerprint density at radius 2 is 1.79 bits per heavy atom. The van der Waals surface area contributed by atoms with Crippen LogP contribution in [0.1, 0.15) is 35.3 Å². The molecule has 0 saturated heterocycles. The number of esters is 1. The van der Waals surface area contributed by atoms with Crippen molar-refractivity contribution in [3.05, 3.63) is 75.6 Å². The normalized spacial score (nSPS) is 11.8. The molecule has 150 valence electrons. The second-order valence-corrected chi connectivity index (χ2v) is 6.74. The van der Waals surface area contributed by atoms with Gasteiger partial charge in [-0.25, -0.2) is 9.59 Å². The summed E-state index contributed by atoms with van der Waals surface area (Å²) in [4.78, 5) is 36.0. The molecule has 1 aromatic heterocycles. The number of fused-ring (bicyclic) bond motifs is 1. The van der Waals surface area contributed by atoms with E-state index in [2.05, 4.69) is 0 Å². The zero-order valence-corrected chi connectivity index (χ0v) is 16.6. The van der Waals surface area contributed by atoms with Gasteiger partial charge in [0.25, 0.3) is 0 Å². The maximum atomic E-state index is 12.4. The molecule has 0 amide bonds. The summed E-state index contributed by atoms with van der Waals surface area (Å²) in [7, 11) is 0. The van der Waals surface area contributed by atoms with Crippen LogP contribution in [0.15, 0.2) is 57.7 Å². The number of aryl methyl sites for hydroxylation is 2. The second-order valence-electron chi connectivity index (χ2n) is 6.74. The first-order valence-electron chi connectivity index (χ1n) is 9.37. The Hall–Kier alpha value is -3.41. The number of ether oxygens (including phenoxy) is 2. The molecule has 0 fully saturated rings. The maximum absolute atomic E-state index is 12.4. The molecule has 0 unspecified atom stereocenters. The molecule has 3 rings (SSSR count). The summed E-state index contributed by atoms with van der Waals surface area (Å²) in [6.07, 6.45) is -0.0375. The zero-order chi connectivity index (χ0) is 21.0. The fourth-order valence-electron chi connectivity index (χ4n) is 2.96. The van der Waals surface area contributed by atoms with E-state index in [0.29, 0.717) is 16.9 Å². The third-order valence-electron chi connectivity index (χ3n) is 4.60. The van der Waals surface area contributed by atoms with E-state index in [0.717, 1.165) is 22.9 Å². The summed E-state index contributed by atoms with van der Waals surface area (Å²) in [5.41, 5.74) is 2.33. The van der Waals surface area contributed by atoms with Gasteiger partial charge in [0.05, 0.1) is 0 Å². The van der Waals surface area contributed by atoms with E-state index < -0.39 is 17.7 Å². The number of carbonyl (C=O) groups excluding carboxylic acids is 2. The van der Waals surface area contributed by atoms with Gasteiger partial charge in [-0.3, -0.25) is 4.79 Å². The topological polar surface area (TPSA) is 82.8 Å². The van der Waals surface area contributed by atoms with Crippen LogP contribution in [0.5, 0.6) is 5.75 Å². The average Bonchev–Trinajstić information content (AvgIpc) is 2.71. The number of ketones is 1. The highest BCUT2D eigenvalue weighted by molar-refractivity contribution is 6.00. The number of carbonyl (C=O) groups is 2. The fourth-order valence-corrected chi connectivity index (χ4v) is 2.96. The largest absolute Gasteiger partial charge is 0.482 e. The summed E-state index contributed by atoms with van der Waals surface area (Å²) < 4.78 is 15.8. The molecule has 6 heteroatoms. The number of rotatable bonds is 7. The van der Waals surface area contributed by atoms with Crippen molar-refractivity contribution in [3.8, 4) is 5.75 Å². The molecule has 0 aliphatic heterocycles. The van der Waals surface area contributed by atoms with Crippen LogP contribution in [0.4, 0.5) is 0 Å². The molecule has 0 aliphatic rings. The Kier molecular flexibility index (Phi) is 6.12. The lowest BCUT2D eigenvalue weighted by Gasteiger charge is -2.13. The van der Waals surface area contributed by atoms with Crippen molar-refractivity contribution in [3.63, 3.8) is 0 Å². The molecule has 0 radical (unpaired) electrons. The van der Waals surface area contributed by atoms with Crippen molar-refractivity contribution in [2.45, 2.75) is 33.3 Å². The quantitative estimate of drug-likeness (QED) is 0.344. The minimum absolute atomic E-state index is 0.274. The predicted octanol–water partition coefficient (Wildman–Crippen LogP) is 3.86. The minimum atomic E-state index is -0.921. The van der Waals surface area contributed by atoms with Gasteiger partial charge in [0.15, 0.2) is 12.7 Å². The lowest BCUT2D eigenvalue weighted by Crippen LogP contribution is -2.27. The SMILES string of the molecule is CCc1ccc(C(=O)[C@@H](C)OC(=O)COc2ccc3c(C)cc(=O)oc3c2)cc1. The molecule has 0 N–H and O–H groups in total. The van der Waals surface area contributed by atoms with Crippen LogP contribution in [-0.4, -0.2) is 24.5 Å². The standard InChI is InChI=1S/C23H22O6/c1-4-16-5-7-17(8-6-16)23(26)15(3)28-22(25)13-27-18-9-10-19-14(2)11-21(24)29-20(19)12-18/h5-12,15H,4,13H2,1-3H3/t15-/m1/s1. The summed E-state index contributed by atoms with van der Waals surface area (Å²) in [6.45, 7) is 5.01. The van der Waals surface area contributed by atoms with Crippen LogP contribution in [0, 0.1) is 6.92 Å². The van der Waals surface area contributed by atoms with Gasteiger partial charge in [0, 0.05) is 23.1 Å². The number of hydrogen-bond acceptors (Lipinski definition) is 6. The van der Waals surface area contributed by atoms with Gasteiger partial charge in [-0.15, -0.1) is 0 Å². The van der Waals surface area contributed by atoms with Crippen molar-refractivity contribution >= 4 is 22.7 Å². The highest BCUT2D eigenvalue weighted by Gasteiger charge is 2.20. The highest BCUT2D eigenvalue weighted by Crippen LogP contribution is 2.22. The lowest BCUT2D eigenvalue weighted by atomic mass is 10.0. The first-order valence-corrected chi connectivity index (χ1v) is 9.37. The molecule has 29 heavy (non-hydrogen) atoms. The van der Waals surface area contributed by atoms with E-state index in [1.807, 2.05) is 26.0 Å². The van der Waals surface area contributed by atoms with Gasteiger partial charge >= 0.3 is 11.6 Å². The van der Waals surface area contributed by atoms with Crippen LogP contribution in [0.3, 0.4) is 0 Å². The summed E-state index contributed by atoms with van der Waals surface area (Å²) >= 11 is 0. The Bertz CT molecular complexity index is 1090. The second kappa shape index (κ2) is 8.73. The van der Waals surface area contributed by atoms with E-state index >= 15 is 0 Å². The van der Waals surface area contributed by atoms with Crippen LogP contribution in [0.25, 0.3) is 11.0 Å². The zero-order valence-electron chi connectivity index (χ0n) is 16.6. The van der Waals surface area contributed by atoms with Crippen molar-refractivity contribution in [1.82, 2.24) is 0 Å². The van der Waals surface area contributed by atoms with Crippen LogP contribution >= 0.6 is 0 Å². The van der Waals surface area contributed by atoms with Crippen molar-refractivity contribution in [2.24, 2.45) is 0 Å². The molecule has 0 spiro atoms. The van der Waals surface area contributed by atoms with E-state index in [1.54, 1.807) is 30.3 Å². The third-order valence-corrected chi connectivity index (χ3v) is 4.60. The molecular weight excluding hydrogens is 372 g/mol. The number of hydrogen-bond donors (Lipinski definition) is 0. The summed E-state index contributed by atoms with van der Waals surface area (Å²) in [5.74, 6) is -0.580. The van der Waals surface area contributed by atoms with E-state index in [9.17, 15) is 14.4 Å². The molecule has 1 heterocycles. The average molecular weight is 394 g/mol. The molecule has 0 bridgehead atoms. The molecule has 6 nitrogen and oxygen atoms in total. The van der Waals surface area contributed by atoms with Crippen molar-refractivity contribution in [2.75, 3.05) is 6.61 Å². The molecular formula is C23H22O6. The van der Waals surface area contributed by atoms with E-state index in [4.69, 9.17) is 13.9 Å². The minimum Gasteiger partial charge on any atom is -0.482 e. The first-order chi connectivity index (χ1) is 13.9. The summed E-state index contributed by atoms with van der Waals surface area (Å²) in [5, 5.41) is 0.785. The number of benzene rings is 2. The van der Waals surface area contributed by atoms with Crippen LogP contribution < -0.4 is 10.4 Å². The molecule has 3 aromatic rings. The molecule has 0 aliphatic carbocycles. The first kappa shape index (κ1) is 20.3. The third kappa shape index (κ3) is 4.90. The summed E-state index contributed by atoms with van der Waals surface area (Å²) in [6, 6.07) is 13.6. The van der Waals surface area contributed by atoms with E-state index in [1.165, 1.54) is 13.0 Å². The Morgan fingerprint density at radius 3 is 2.48 bits per heavy atom. The van der Waals surface area contributed by atoms with E-state index in [-0.39, 0.29) is 12.4 Å². The predicted molar refractivity (Wildman–Crippen MR) is 108 cm³/mol. The van der Waals surface area contributed by atoms with Crippen LogP contribution in [-0.2, 0) is 16.0 Å². The van der Waals surface area contributed by atoms with Crippen molar-refractivity contribution < 1.29 is 23.5 Å². The van der Waals surface area contributed by atoms with Crippen molar-refractivity contribution in [1.29, 1.82) is 0 Å². The van der Waals surface area contributed by atoms with Gasteiger partial charge in [-0.2, -0.15) is 0 Å². The Morgan fingerprint density at radius 1 is 1.07 bits per heavy atom. The van der Waals surface area contributed by atoms with Gasteiger partial charge in [-0.05, 0) is 43.5 Å².